The van der Waals surface area contributed by atoms with Gasteiger partial charge in [0, 0.05) is 44.3 Å². The van der Waals surface area contributed by atoms with Gasteiger partial charge < -0.3 is 13.8 Å². The molecule has 10 aromatic rings. The molecule has 0 amide bonds. The van der Waals surface area contributed by atoms with E-state index in [2.05, 4.69) is 199 Å². The zero-order valence-electron chi connectivity index (χ0n) is 32.1. The minimum Gasteiger partial charge on any atom is -0.441 e. The Morgan fingerprint density at radius 1 is 0.569 bits per heavy atom. The van der Waals surface area contributed by atoms with E-state index < -0.39 is 8.07 Å². The SMILES string of the molecule is CC1(C)c2ccccc2-c2cc3c4c(c21)-c1cccc2c5c6ccccc6oc5n(c12)B4c1cccc2c1N3c1ccccc1[Si]2(c1ccccc1)c1ccccc1. The molecule has 0 spiro atoms. The maximum absolute atomic E-state index is 7.05. The van der Waals surface area contributed by atoms with Gasteiger partial charge in [0.25, 0.3) is 0 Å². The van der Waals surface area contributed by atoms with E-state index in [4.69, 9.17) is 4.42 Å². The number of hydrogen-bond donors (Lipinski definition) is 0. The van der Waals surface area contributed by atoms with Crippen LogP contribution in [0.15, 0.2) is 180 Å². The van der Waals surface area contributed by atoms with E-state index in [0.717, 1.165) is 11.3 Å². The molecule has 58 heavy (non-hydrogen) atoms. The van der Waals surface area contributed by atoms with Gasteiger partial charge in [0.15, 0.2) is 13.8 Å². The third-order valence-electron chi connectivity index (χ3n) is 14.2. The number of nitrogens with zero attached hydrogens (tertiary/aromatic N) is 2. The molecule has 14 rings (SSSR count). The average Bonchev–Trinajstić information content (AvgIpc) is 3.89. The first-order valence-electron chi connectivity index (χ1n) is 20.5. The van der Waals surface area contributed by atoms with E-state index >= 15 is 0 Å². The largest absolute Gasteiger partial charge is 0.441 e. The Morgan fingerprint density at radius 3 is 2.05 bits per heavy atom. The first-order valence-corrected chi connectivity index (χ1v) is 22.5. The van der Waals surface area contributed by atoms with Crippen LogP contribution >= 0.6 is 0 Å². The lowest BCUT2D eigenvalue weighted by atomic mass is 9.44. The van der Waals surface area contributed by atoms with E-state index in [1.807, 2.05) is 0 Å². The summed E-state index contributed by atoms with van der Waals surface area (Å²) in [7, 11) is -2.86. The van der Waals surface area contributed by atoms with E-state index in [1.54, 1.807) is 0 Å². The number of fused-ring (bicyclic) bond motifs is 15. The number of benzene rings is 8. The minimum absolute atomic E-state index is 0.111. The van der Waals surface area contributed by atoms with Crippen molar-refractivity contribution in [3.63, 3.8) is 0 Å². The Morgan fingerprint density at radius 2 is 1.22 bits per heavy atom. The molecule has 5 heterocycles. The highest BCUT2D eigenvalue weighted by molar-refractivity contribution is 7.21. The summed E-state index contributed by atoms with van der Waals surface area (Å²) in [5, 5.41) is 9.27. The van der Waals surface area contributed by atoms with Crippen LogP contribution in [0.5, 0.6) is 0 Å². The first kappa shape index (κ1) is 31.3. The van der Waals surface area contributed by atoms with Gasteiger partial charge in [-0.25, -0.2) is 0 Å². The van der Waals surface area contributed by atoms with E-state index in [-0.39, 0.29) is 12.3 Å². The first-order chi connectivity index (χ1) is 28.6. The number of anilines is 3. The fraction of sp³-hybridized carbons (Fsp3) is 0.0566. The Balaban J connectivity index is 1.22. The second-order valence-electron chi connectivity index (χ2n) is 17.1. The molecule has 3 nitrogen and oxygen atoms in total. The fourth-order valence-electron chi connectivity index (χ4n) is 12.1. The maximum atomic E-state index is 7.05. The second-order valence-corrected chi connectivity index (χ2v) is 20.8. The summed E-state index contributed by atoms with van der Waals surface area (Å²) in [5.41, 5.74) is 17.7. The molecule has 0 saturated carbocycles. The van der Waals surface area contributed by atoms with Crippen molar-refractivity contribution in [2.75, 3.05) is 4.90 Å². The number of para-hydroxylation sites is 4. The van der Waals surface area contributed by atoms with E-state index in [9.17, 15) is 0 Å². The number of aromatic nitrogens is 1. The lowest BCUT2D eigenvalue weighted by Gasteiger charge is -2.50. The number of furan rings is 1. The Labute approximate surface area is 337 Å². The molecule has 0 saturated heterocycles. The third kappa shape index (κ3) is 3.44. The molecule has 0 bridgehead atoms. The lowest BCUT2D eigenvalue weighted by molar-refractivity contribution is 0.650. The summed E-state index contributed by atoms with van der Waals surface area (Å²) in [4.78, 5) is 2.67. The van der Waals surface area contributed by atoms with E-state index in [0.29, 0.717) is 0 Å². The van der Waals surface area contributed by atoms with Crippen LogP contribution in [0, 0.1) is 0 Å². The van der Waals surface area contributed by atoms with Gasteiger partial charge >= 0.3 is 6.85 Å². The fourth-order valence-corrected chi connectivity index (χ4v) is 17.3. The van der Waals surface area contributed by atoms with Gasteiger partial charge in [-0.15, -0.1) is 0 Å². The summed E-state index contributed by atoms with van der Waals surface area (Å²) in [6, 6.07) is 66.6. The summed E-state index contributed by atoms with van der Waals surface area (Å²) in [6.07, 6.45) is 0. The standard InChI is InChI=1S/C53H35BN2OSi/c1-53(2)39-25-11-9-21-34(39)38-31-42-49-47(48(38)53)37-24-15-23-36-46-35-22-10-13-28-43(35)57-52(46)56(50(36)37)54(49)40-26-16-30-45-51(40)55(42)41-27-12-14-29-44(41)58(45,32-17-5-3-6-18-32)33-19-7-4-8-20-33/h3-31H,1-2H3. The third-order valence-corrected chi connectivity index (χ3v) is 19.0. The highest BCUT2D eigenvalue weighted by Gasteiger charge is 2.55. The molecular formula is C53H35BN2OSi. The summed E-state index contributed by atoms with van der Waals surface area (Å²) in [6.45, 7) is 4.76. The van der Waals surface area contributed by atoms with Gasteiger partial charge in [-0.1, -0.05) is 172 Å². The molecule has 0 radical (unpaired) electrons. The zero-order valence-corrected chi connectivity index (χ0v) is 33.1. The van der Waals surface area contributed by atoms with E-state index in [1.165, 1.54) is 104 Å². The number of rotatable bonds is 2. The van der Waals surface area contributed by atoms with Crippen LogP contribution in [0.25, 0.3) is 55.2 Å². The van der Waals surface area contributed by atoms with Gasteiger partial charge in [0.2, 0.25) is 0 Å². The normalized spacial score (nSPS) is 15.6. The molecule has 2 aromatic heterocycles. The Hall–Kier alpha value is -6.82. The molecule has 0 unspecified atom stereocenters. The van der Waals surface area contributed by atoms with Crippen LogP contribution in [0.1, 0.15) is 25.0 Å². The Kier molecular flexibility index (Phi) is 5.70. The van der Waals surface area contributed by atoms with Crippen LogP contribution in [-0.4, -0.2) is 19.4 Å². The van der Waals surface area contributed by atoms with Crippen LogP contribution in [0.3, 0.4) is 0 Å². The number of hydrogen-bond acceptors (Lipinski definition) is 2. The van der Waals surface area contributed by atoms with Gasteiger partial charge in [0.1, 0.15) is 5.58 Å². The van der Waals surface area contributed by atoms with Crippen molar-refractivity contribution in [1.82, 2.24) is 4.48 Å². The van der Waals surface area contributed by atoms with Crippen LogP contribution < -0.4 is 36.6 Å². The lowest BCUT2D eigenvalue weighted by Crippen LogP contribution is -2.78. The van der Waals surface area contributed by atoms with Crippen molar-refractivity contribution in [2.45, 2.75) is 19.3 Å². The molecule has 8 aromatic carbocycles. The predicted octanol–water partition coefficient (Wildman–Crippen LogP) is 8.96. The molecular weight excluding hydrogens is 719 g/mol. The van der Waals surface area contributed by atoms with Crippen molar-refractivity contribution < 1.29 is 4.42 Å². The monoisotopic (exact) mass is 754 g/mol. The molecule has 0 atom stereocenters. The average molecular weight is 755 g/mol. The molecule has 3 aliphatic heterocycles. The topological polar surface area (TPSA) is 21.3 Å². The molecule has 4 aliphatic rings. The van der Waals surface area contributed by atoms with Gasteiger partial charge in [-0.3, -0.25) is 0 Å². The molecule has 1 aliphatic carbocycles. The summed E-state index contributed by atoms with van der Waals surface area (Å²) >= 11 is 0. The van der Waals surface area contributed by atoms with Crippen LogP contribution in [0.4, 0.5) is 17.1 Å². The van der Waals surface area contributed by atoms with Gasteiger partial charge in [-0.05, 0) is 77.7 Å². The van der Waals surface area contributed by atoms with Crippen molar-refractivity contribution in [3.8, 4) is 22.3 Å². The Bertz CT molecular complexity index is 3410. The summed E-state index contributed by atoms with van der Waals surface area (Å²) < 4.78 is 9.64. The quantitative estimate of drug-likeness (QED) is 0.165. The van der Waals surface area contributed by atoms with Crippen LogP contribution in [0.2, 0.25) is 0 Å². The van der Waals surface area contributed by atoms with Crippen LogP contribution in [-0.2, 0) is 5.41 Å². The predicted molar refractivity (Wildman–Crippen MR) is 244 cm³/mol. The van der Waals surface area contributed by atoms with Crippen molar-refractivity contribution in [1.29, 1.82) is 0 Å². The molecule has 0 fully saturated rings. The highest BCUT2D eigenvalue weighted by atomic mass is 28.3. The maximum Gasteiger partial charge on any atom is 0.336 e. The zero-order chi connectivity index (χ0) is 38.1. The summed E-state index contributed by atoms with van der Waals surface area (Å²) in [5.74, 6) is 0. The van der Waals surface area contributed by atoms with Gasteiger partial charge in [0.05, 0.1) is 5.39 Å². The minimum atomic E-state index is -2.86. The van der Waals surface area contributed by atoms with Gasteiger partial charge in [-0.2, -0.15) is 0 Å². The van der Waals surface area contributed by atoms with Crippen molar-refractivity contribution in [2.24, 2.45) is 0 Å². The second kappa shape index (κ2) is 10.6. The smallest absolute Gasteiger partial charge is 0.336 e. The molecule has 0 N–H and O–H groups in total. The molecule has 270 valence electrons. The highest BCUT2D eigenvalue weighted by Crippen LogP contribution is 2.57. The van der Waals surface area contributed by atoms with Crippen molar-refractivity contribution in [3.05, 3.63) is 187 Å². The van der Waals surface area contributed by atoms with Crippen molar-refractivity contribution >= 4 is 96.6 Å². The molecule has 5 heteroatoms.